The summed E-state index contributed by atoms with van der Waals surface area (Å²) in [5.41, 5.74) is -0.0110. The molecule has 1 saturated carbocycles. The molecule has 2 aliphatic heterocycles. The summed E-state index contributed by atoms with van der Waals surface area (Å²) >= 11 is 0. The first-order valence-electron chi connectivity index (χ1n) is 9.09. The molecule has 2 atom stereocenters. The minimum Gasteiger partial charge on any atom is -0.375 e. The lowest BCUT2D eigenvalue weighted by molar-refractivity contribution is -0.150. The van der Waals surface area contributed by atoms with Gasteiger partial charge in [0, 0.05) is 24.5 Å². The van der Waals surface area contributed by atoms with E-state index in [9.17, 15) is 4.79 Å². The van der Waals surface area contributed by atoms with Gasteiger partial charge in [0.15, 0.2) is 0 Å². The zero-order valence-electron chi connectivity index (χ0n) is 13.6. The molecule has 1 aliphatic carbocycles. The largest absolute Gasteiger partial charge is 0.375 e. The van der Waals surface area contributed by atoms with Crippen molar-refractivity contribution in [3.8, 4) is 0 Å². The average molecular weight is 293 g/mol. The lowest BCUT2D eigenvalue weighted by Gasteiger charge is -2.44. The summed E-state index contributed by atoms with van der Waals surface area (Å²) in [6, 6.07) is 0. The maximum Gasteiger partial charge on any atom is 0.143 e. The standard InChI is InChI=1S/C18H31NO2/c1-2-7-17(10-11-19-14-17)16(20)15-6-12-21-18(13-15)8-4-3-5-9-18/h15,19H,2-14H2,1H3. The van der Waals surface area contributed by atoms with Crippen molar-refractivity contribution >= 4 is 5.78 Å². The van der Waals surface area contributed by atoms with Crippen molar-refractivity contribution in [1.82, 2.24) is 5.32 Å². The highest BCUT2D eigenvalue weighted by Crippen LogP contribution is 2.44. The van der Waals surface area contributed by atoms with Crippen LogP contribution in [0.15, 0.2) is 0 Å². The predicted molar refractivity (Wildman–Crippen MR) is 84.3 cm³/mol. The van der Waals surface area contributed by atoms with E-state index in [1.54, 1.807) is 0 Å². The fourth-order valence-electron chi connectivity index (χ4n) is 5.00. The first kappa shape index (κ1) is 15.5. The number of ketones is 1. The van der Waals surface area contributed by atoms with Crippen LogP contribution in [0.2, 0.25) is 0 Å². The highest BCUT2D eigenvalue weighted by atomic mass is 16.5. The fourth-order valence-corrected chi connectivity index (χ4v) is 5.00. The molecule has 1 N–H and O–H groups in total. The molecule has 2 heterocycles. The summed E-state index contributed by atoms with van der Waals surface area (Å²) < 4.78 is 6.17. The van der Waals surface area contributed by atoms with Crippen molar-refractivity contribution in [2.24, 2.45) is 11.3 Å². The van der Waals surface area contributed by atoms with Gasteiger partial charge in [-0.1, -0.05) is 32.6 Å². The minimum absolute atomic E-state index is 0.0518. The topological polar surface area (TPSA) is 38.3 Å². The smallest absolute Gasteiger partial charge is 0.143 e. The van der Waals surface area contributed by atoms with Crippen LogP contribution in [-0.2, 0) is 9.53 Å². The van der Waals surface area contributed by atoms with Crippen LogP contribution in [0, 0.1) is 11.3 Å². The molecule has 0 aromatic carbocycles. The number of carbonyl (C=O) groups excluding carboxylic acids is 1. The number of hydrogen-bond donors (Lipinski definition) is 1. The Bertz CT molecular complexity index is 362. The number of ether oxygens (including phenoxy) is 1. The van der Waals surface area contributed by atoms with Gasteiger partial charge in [-0.25, -0.2) is 0 Å². The van der Waals surface area contributed by atoms with Crippen LogP contribution in [0.3, 0.4) is 0 Å². The van der Waals surface area contributed by atoms with Gasteiger partial charge < -0.3 is 10.1 Å². The lowest BCUT2D eigenvalue weighted by Crippen LogP contribution is -2.47. The molecule has 0 bridgehead atoms. The van der Waals surface area contributed by atoms with Crippen LogP contribution >= 0.6 is 0 Å². The summed E-state index contributed by atoms with van der Waals surface area (Å²) in [6.45, 7) is 4.93. The van der Waals surface area contributed by atoms with Crippen molar-refractivity contribution < 1.29 is 9.53 Å². The number of carbonyl (C=O) groups is 1. The number of Topliss-reactive ketones (excluding diaryl/α,β-unsaturated/α-hetero) is 1. The van der Waals surface area contributed by atoms with Crippen LogP contribution in [0.4, 0.5) is 0 Å². The van der Waals surface area contributed by atoms with Gasteiger partial charge in [0.1, 0.15) is 5.78 Å². The maximum absolute atomic E-state index is 13.2. The summed E-state index contributed by atoms with van der Waals surface area (Å²) in [4.78, 5) is 13.2. The molecule has 0 aromatic heterocycles. The molecule has 1 spiro atoms. The Balaban J connectivity index is 1.71. The quantitative estimate of drug-likeness (QED) is 0.862. The van der Waals surface area contributed by atoms with E-state index in [0.717, 1.165) is 51.8 Å². The Kier molecular flexibility index (Phi) is 4.70. The molecule has 3 aliphatic rings. The Hall–Kier alpha value is -0.410. The molecule has 0 amide bonds. The van der Waals surface area contributed by atoms with E-state index in [-0.39, 0.29) is 16.9 Å². The number of hydrogen-bond acceptors (Lipinski definition) is 3. The maximum atomic E-state index is 13.2. The van der Waals surface area contributed by atoms with E-state index in [1.807, 2.05) is 0 Å². The third kappa shape index (κ3) is 3.05. The van der Waals surface area contributed by atoms with E-state index in [2.05, 4.69) is 12.2 Å². The SMILES string of the molecule is CCCC1(C(=O)C2CCOC3(CCCCC3)C2)CCNC1. The average Bonchev–Trinajstić information content (AvgIpc) is 2.97. The highest BCUT2D eigenvalue weighted by molar-refractivity contribution is 5.87. The van der Waals surface area contributed by atoms with Gasteiger partial charge in [0.2, 0.25) is 0 Å². The number of rotatable bonds is 4. The van der Waals surface area contributed by atoms with Gasteiger partial charge in [-0.3, -0.25) is 4.79 Å². The Morgan fingerprint density at radius 3 is 2.71 bits per heavy atom. The minimum atomic E-state index is -0.0629. The molecule has 3 heteroatoms. The summed E-state index contributed by atoms with van der Waals surface area (Å²) in [6.07, 6.45) is 11.4. The van der Waals surface area contributed by atoms with Gasteiger partial charge >= 0.3 is 0 Å². The number of nitrogens with one attached hydrogen (secondary N) is 1. The third-order valence-corrected chi connectivity index (χ3v) is 6.12. The normalized spacial score (nSPS) is 36.0. The van der Waals surface area contributed by atoms with Crippen LogP contribution in [-0.4, -0.2) is 31.1 Å². The fraction of sp³-hybridized carbons (Fsp3) is 0.944. The van der Waals surface area contributed by atoms with Gasteiger partial charge in [-0.15, -0.1) is 0 Å². The molecule has 120 valence electrons. The van der Waals surface area contributed by atoms with Crippen LogP contribution in [0.5, 0.6) is 0 Å². The van der Waals surface area contributed by atoms with Gasteiger partial charge in [-0.2, -0.15) is 0 Å². The molecule has 2 unspecified atom stereocenters. The van der Waals surface area contributed by atoms with Crippen molar-refractivity contribution in [3.63, 3.8) is 0 Å². The van der Waals surface area contributed by atoms with Crippen LogP contribution in [0.1, 0.15) is 71.1 Å². The van der Waals surface area contributed by atoms with E-state index in [1.165, 1.54) is 32.1 Å². The van der Waals surface area contributed by atoms with E-state index in [0.29, 0.717) is 5.78 Å². The van der Waals surface area contributed by atoms with Crippen molar-refractivity contribution in [2.45, 2.75) is 76.7 Å². The molecule has 3 fully saturated rings. The predicted octanol–water partition coefficient (Wildman–Crippen LogP) is 3.46. The molecule has 21 heavy (non-hydrogen) atoms. The molecule has 3 rings (SSSR count). The van der Waals surface area contributed by atoms with E-state index < -0.39 is 0 Å². The second-order valence-corrected chi connectivity index (χ2v) is 7.60. The Morgan fingerprint density at radius 1 is 1.24 bits per heavy atom. The van der Waals surface area contributed by atoms with Gasteiger partial charge in [-0.05, 0) is 45.1 Å². The van der Waals surface area contributed by atoms with Gasteiger partial charge in [0.25, 0.3) is 0 Å². The van der Waals surface area contributed by atoms with Crippen molar-refractivity contribution in [3.05, 3.63) is 0 Å². The molecular weight excluding hydrogens is 262 g/mol. The first-order valence-corrected chi connectivity index (χ1v) is 9.09. The summed E-state index contributed by atoms with van der Waals surface area (Å²) in [5.74, 6) is 0.811. The first-order chi connectivity index (χ1) is 10.2. The van der Waals surface area contributed by atoms with E-state index in [4.69, 9.17) is 4.74 Å². The van der Waals surface area contributed by atoms with Crippen LogP contribution < -0.4 is 5.32 Å². The Labute approximate surface area is 129 Å². The summed E-state index contributed by atoms with van der Waals surface area (Å²) in [7, 11) is 0. The van der Waals surface area contributed by atoms with Crippen molar-refractivity contribution in [2.75, 3.05) is 19.7 Å². The zero-order chi connectivity index (χ0) is 14.8. The molecule has 0 radical (unpaired) electrons. The van der Waals surface area contributed by atoms with Gasteiger partial charge in [0.05, 0.1) is 5.60 Å². The molecular formula is C18H31NO2. The zero-order valence-corrected chi connectivity index (χ0v) is 13.6. The van der Waals surface area contributed by atoms with E-state index >= 15 is 0 Å². The molecule has 3 nitrogen and oxygen atoms in total. The molecule has 0 aromatic rings. The monoisotopic (exact) mass is 293 g/mol. The molecule has 2 saturated heterocycles. The van der Waals surface area contributed by atoms with Crippen molar-refractivity contribution in [1.29, 1.82) is 0 Å². The Morgan fingerprint density at radius 2 is 2.05 bits per heavy atom. The second-order valence-electron chi connectivity index (χ2n) is 7.60. The second kappa shape index (κ2) is 6.37. The van der Waals surface area contributed by atoms with Crippen LogP contribution in [0.25, 0.3) is 0 Å². The lowest BCUT2D eigenvalue weighted by atomic mass is 9.68. The highest BCUT2D eigenvalue weighted by Gasteiger charge is 2.47. The third-order valence-electron chi connectivity index (χ3n) is 6.12. The summed E-state index contributed by atoms with van der Waals surface area (Å²) in [5, 5.41) is 3.44.